The summed E-state index contributed by atoms with van der Waals surface area (Å²) < 4.78 is 37.8. The molecule has 1 aromatic heterocycles. The van der Waals surface area contributed by atoms with Crippen LogP contribution in [-0.2, 0) is 11.0 Å². The minimum absolute atomic E-state index is 0.00128. The van der Waals surface area contributed by atoms with Crippen LogP contribution in [0.4, 0.5) is 13.2 Å². The molecule has 2 atom stereocenters. The van der Waals surface area contributed by atoms with Crippen molar-refractivity contribution in [3.8, 4) is 0 Å². The number of rotatable bonds is 3. The number of carbonyl (C=O) groups is 2. The van der Waals surface area contributed by atoms with Crippen LogP contribution >= 0.6 is 0 Å². The van der Waals surface area contributed by atoms with Gasteiger partial charge in [0.05, 0.1) is 6.04 Å². The SMILES string of the molecule is CC(=O)N[C@H]1CN(C(=O)c2ccc(C(F)(F)F)[nH]c2=O)C[C@@H]1C(C)C. The molecule has 0 aromatic carbocycles. The largest absolute Gasteiger partial charge is 0.431 e. The summed E-state index contributed by atoms with van der Waals surface area (Å²) in [7, 11) is 0. The Kier molecular flexibility index (Phi) is 5.24. The van der Waals surface area contributed by atoms with Crippen molar-refractivity contribution >= 4 is 11.8 Å². The number of hydrogen-bond donors (Lipinski definition) is 2. The van der Waals surface area contributed by atoms with Gasteiger partial charge in [-0.15, -0.1) is 0 Å². The van der Waals surface area contributed by atoms with E-state index in [1.807, 2.05) is 13.8 Å². The number of amides is 2. The van der Waals surface area contributed by atoms with E-state index in [0.717, 1.165) is 6.07 Å². The predicted molar refractivity (Wildman–Crippen MR) is 83.9 cm³/mol. The standard InChI is InChI=1S/C16H20F3N3O3/c1-8(2)11-6-22(7-12(11)20-9(3)23)15(25)10-4-5-13(16(17,18)19)21-14(10)24/h4-5,8,11-12H,6-7H2,1-3H3,(H,20,23)(H,21,24)/t11-,12+/m1/s1. The summed E-state index contributed by atoms with van der Waals surface area (Å²) in [5.74, 6) is -0.687. The lowest BCUT2D eigenvalue weighted by atomic mass is 9.91. The van der Waals surface area contributed by atoms with Crippen molar-refractivity contribution in [1.82, 2.24) is 15.2 Å². The van der Waals surface area contributed by atoms with E-state index in [4.69, 9.17) is 0 Å². The molecule has 0 saturated carbocycles. The molecule has 1 fully saturated rings. The first-order valence-corrected chi connectivity index (χ1v) is 7.87. The normalized spacial score (nSPS) is 20.8. The van der Waals surface area contributed by atoms with Gasteiger partial charge in [-0.2, -0.15) is 13.2 Å². The van der Waals surface area contributed by atoms with E-state index in [2.05, 4.69) is 5.32 Å². The van der Waals surface area contributed by atoms with Crippen LogP contribution in [0, 0.1) is 11.8 Å². The van der Waals surface area contributed by atoms with Crippen LogP contribution in [0.5, 0.6) is 0 Å². The van der Waals surface area contributed by atoms with Gasteiger partial charge in [-0.3, -0.25) is 14.4 Å². The monoisotopic (exact) mass is 359 g/mol. The topological polar surface area (TPSA) is 82.3 Å². The maximum absolute atomic E-state index is 12.6. The molecule has 0 spiro atoms. The van der Waals surface area contributed by atoms with Crippen LogP contribution in [0.3, 0.4) is 0 Å². The Morgan fingerprint density at radius 3 is 2.40 bits per heavy atom. The summed E-state index contributed by atoms with van der Waals surface area (Å²) in [5, 5.41) is 2.79. The molecule has 0 bridgehead atoms. The molecule has 138 valence electrons. The second-order valence-corrected chi connectivity index (χ2v) is 6.54. The Morgan fingerprint density at radius 1 is 1.28 bits per heavy atom. The molecular formula is C16H20F3N3O3. The van der Waals surface area contributed by atoms with Crippen LogP contribution in [0.2, 0.25) is 0 Å². The summed E-state index contributed by atoms with van der Waals surface area (Å²) in [5.41, 5.74) is -2.63. The summed E-state index contributed by atoms with van der Waals surface area (Å²) in [6.07, 6.45) is -4.69. The number of aromatic amines is 1. The number of likely N-dealkylation sites (tertiary alicyclic amines) is 1. The van der Waals surface area contributed by atoms with Crippen molar-refractivity contribution < 1.29 is 22.8 Å². The number of alkyl halides is 3. The highest BCUT2D eigenvalue weighted by Crippen LogP contribution is 2.28. The second kappa shape index (κ2) is 6.89. The molecule has 9 heteroatoms. The van der Waals surface area contributed by atoms with Crippen molar-refractivity contribution in [2.45, 2.75) is 33.0 Å². The molecule has 1 aliphatic heterocycles. The highest BCUT2D eigenvalue weighted by atomic mass is 19.4. The van der Waals surface area contributed by atoms with Gasteiger partial charge in [0, 0.05) is 25.9 Å². The number of pyridine rings is 1. The van der Waals surface area contributed by atoms with Crippen molar-refractivity contribution in [2.24, 2.45) is 11.8 Å². The maximum Gasteiger partial charge on any atom is 0.431 e. The molecule has 1 saturated heterocycles. The quantitative estimate of drug-likeness (QED) is 0.861. The lowest BCUT2D eigenvalue weighted by molar-refractivity contribution is -0.141. The average molecular weight is 359 g/mol. The van der Waals surface area contributed by atoms with Crippen LogP contribution < -0.4 is 10.9 Å². The van der Waals surface area contributed by atoms with E-state index in [-0.39, 0.29) is 35.9 Å². The van der Waals surface area contributed by atoms with Gasteiger partial charge in [0.25, 0.3) is 11.5 Å². The number of nitrogens with one attached hydrogen (secondary N) is 2. The molecule has 0 unspecified atom stereocenters. The molecule has 2 heterocycles. The van der Waals surface area contributed by atoms with E-state index in [1.165, 1.54) is 11.8 Å². The molecule has 2 amide bonds. The fraction of sp³-hybridized carbons (Fsp3) is 0.562. The van der Waals surface area contributed by atoms with Crippen molar-refractivity contribution in [3.05, 3.63) is 33.7 Å². The van der Waals surface area contributed by atoms with Crippen LogP contribution in [0.1, 0.15) is 36.8 Å². The van der Waals surface area contributed by atoms with Gasteiger partial charge in [0.2, 0.25) is 5.91 Å². The Morgan fingerprint density at radius 2 is 1.92 bits per heavy atom. The van der Waals surface area contributed by atoms with E-state index in [1.54, 1.807) is 4.98 Å². The minimum Gasteiger partial charge on any atom is -0.351 e. The zero-order valence-electron chi connectivity index (χ0n) is 14.1. The fourth-order valence-electron chi connectivity index (χ4n) is 3.06. The summed E-state index contributed by atoms with van der Waals surface area (Å²) in [6.45, 7) is 5.82. The minimum atomic E-state index is -4.69. The second-order valence-electron chi connectivity index (χ2n) is 6.54. The number of H-pyrrole nitrogens is 1. The van der Waals surface area contributed by atoms with E-state index in [0.29, 0.717) is 12.6 Å². The highest BCUT2D eigenvalue weighted by molar-refractivity contribution is 5.94. The third-order valence-corrected chi connectivity index (χ3v) is 4.34. The number of halogens is 3. The lowest BCUT2D eigenvalue weighted by Gasteiger charge is -2.21. The smallest absolute Gasteiger partial charge is 0.351 e. The predicted octanol–water partition coefficient (Wildman–Crippen LogP) is 1.63. The van der Waals surface area contributed by atoms with Gasteiger partial charge < -0.3 is 15.2 Å². The molecule has 1 aliphatic rings. The van der Waals surface area contributed by atoms with Crippen molar-refractivity contribution in [2.75, 3.05) is 13.1 Å². The molecule has 6 nitrogen and oxygen atoms in total. The fourth-order valence-corrected chi connectivity index (χ4v) is 3.06. The molecule has 25 heavy (non-hydrogen) atoms. The molecule has 0 radical (unpaired) electrons. The van der Waals surface area contributed by atoms with Gasteiger partial charge in [0.15, 0.2) is 0 Å². The first-order valence-electron chi connectivity index (χ1n) is 7.87. The lowest BCUT2D eigenvalue weighted by Crippen LogP contribution is -2.41. The molecule has 2 rings (SSSR count). The number of hydrogen-bond acceptors (Lipinski definition) is 3. The van der Waals surface area contributed by atoms with Crippen molar-refractivity contribution in [1.29, 1.82) is 0 Å². The van der Waals surface area contributed by atoms with Gasteiger partial charge in [0.1, 0.15) is 11.3 Å². The Bertz CT molecular complexity index is 727. The van der Waals surface area contributed by atoms with Crippen LogP contribution in [-0.4, -0.2) is 40.8 Å². The molecule has 2 N–H and O–H groups in total. The Balaban J connectivity index is 2.23. The summed E-state index contributed by atoms with van der Waals surface area (Å²) >= 11 is 0. The zero-order valence-corrected chi connectivity index (χ0v) is 14.1. The average Bonchev–Trinajstić information content (AvgIpc) is 2.88. The Labute approximate surface area is 142 Å². The zero-order chi connectivity index (χ0) is 18.9. The van der Waals surface area contributed by atoms with Gasteiger partial charge in [-0.25, -0.2) is 0 Å². The summed E-state index contributed by atoms with van der Waals surface area (Å²) in [6, 6.07) is 1.31. The van der Waals surface area contributed by atoms with E-state index in [9.17, 15) is 27.6 Å². The first kappa shape index (κ1) is 19.0. The van der Waals surface area contributed by atoms with Crippen LogP contribution in [0.15, 0.2) is 16.9 Å². The molecule has 0 aliphatic carbocycles. The van der Waals surface area contributed by atoms with Gasteiger partial charge in [-0.05, 0) is 18.1 Å². The van der Waals surface area contributed by atoms with Crippen molar-refractivity contribution in [3.63, 3.8) is 0 Å². The maximum atomic E-state index is 12.6. The number of nitrogens with zero attached hydrogens (tertiary/aromatic N) is 1. The third kappa shape index (κ3) is 4.21. The number of aromatic nitrogens is 1. The van der Waals surface area contributed by atoms with Gasteiger partial charge >= 0.3 is 6.18 Å². The number of carbonyl (C=O) groups excluding carboxylic acids is 2. The molecular weight excluding hydrogens is 339 g/mol. The highest BCUT2D eigenvalue weighted by Gasteiger charge is 2.38. The van der Waals surface area contributed by atoms with Crippen LogP contribution in [0.25, 0.3) is 0 Å². The van der Waals surface area contributed by atoms with E-state index >= 15 is 0 Å². The summed E-state index contributed by atoms with van der Waals surface area (Å²) in [4.78, 5) is 38.8. The third-order valence-electron chi connectivity index (χ3n) is 4.34. The van der Waals surface area contributed by atoms with Gasteiger partial charge in [-0.1, -0.05) is 13.8 Å². The first-order chi connectivity index (χ1) is 11.5. The molecule has 1 aromatic rings. The van der Waals surface area contributed by atoms with E-state index < -0.39 is 23.3 Å². The Hall–Kier alpha value is -2.32.